The van der Waals surface area contributed by atoms with Crippen LogP contribution in [0.25, 0.3) is 0 Å². The van der Waals surface area contributed by atoms with Crippen LogP contribution in [0.4, 0.5) is 0 Å². The van der Waals surface area contributed by atoms with Gasteiger partial charge in [0.05, 0.1) is 12.2 Å². The summed E-state index contributed by atoms with van der Waals surface area (Å²) < 4.78 is 0.588. The van der Waals surface area contributed by atoms with Crippen molar-refractivity contribution in [1.29, 1.82) is 0 Å². The summed E-state index contributed by atoms with van der Waals surface area (Å²) in [5, 5.41) is 0. The molecule has 0 radical (unpaired) electrons. The number of thiocarbonyl (C=S) groups is 1. The van der Waals surface area contributed by atoms with E-state index in [9.17, 15) is 0 Å². The number of hydrogen-bond donors (Lipinski definition) is 1. The molecule has 2 nitrogen and oxygen atoms in total. The van der Waals surface area contributed by atoms with Gasteiger partial charge in [-0.3, -0.25) is 4.98 Å². The van der Waals surface area contributed by atoms with Crippen LogP contribution < -0.4 is 0 Å². The monoisotopic (exact) mass is 274 g/mol. The molecule has 0 spiro atoms. The zero-order chi connectivity index (χ0) is 12.8. The van der Waals surface area contributed by atoms with E-state index < -0.39 is 0 Å². The lowest BCUT2D eigenvalue weighted by atomic mass is 10.2. The molecule has 0 fully saturated rings. The Labute approximate surface area is 118 Å². The summed E-state index contributed by atoms with van der Waals surface area (Å²) in [5.74, 6) is 0. The maximum absolute atomic E-state index is 5.18. The minimum atomic E-state index is 0.588. The fourth-order valence-corrected chi connectivity index (χ4v) is 1.95. The van der Waals surface area contributed by atoms with Crippen LogP contribution in [0.15, 0.2) is 54.7 Å². The molecule has 0 N–H and O–H groups in total. The summed E-state index contributed by atoms with van der Waals surface area (Å²) in [6.07, 6.45) is 1.79. The molecule has 0 aliphatic carbocycles. The smallest absolute Gasteiger partial charge is 0.133 e. The van der Waals surface area contributed by atoms with Crippen molar-refractivity contribution in [1.82, 2.24) is 9.88 Å². The molecule has 0 saturated heterocycles. The number of benzene rings is 1. The summed E-state index contributed by atoms with van der Waals surface area (Å²) in [6, 6.07) is 16.1. The van der Waals surface area contributed by atoms with Crippen LogP contribution in [-0.4, -0.2) is 14.2 Å². The normalized spacial score (nSPS) is 10.1. The Morgan fingerprint density at radius 2 is 1.78 bits per heavy atom. The highest BCUT2D eigenvalue weighted by molar-refractivity contribution is 8.10. The van der Waals surface area contributed by atoms with E-state index in [1.165, 1.54) is 5.56 Å². The van der Waals surface area contributed by atoms with Gasteiger partial charge in [0.1, 0.15) is 4.32 Å². The number of rotatable bonds is 4. The van der Waals surface area contributed by atoms with Crippen LogP contribution in [0.1, 0.15) is 11.3 Å². The summed E-state index contributed by atoms with van der Waals surface area (Å²) >= 11 is 9.46. The minimum Gasteiger partial charge on any atom is -0.347 e. The van der Waals surface area contributed by atoms with Crippen LogP contribution in [0.5, 0.6) is 0 Å². The number of aromatic nitrogens is 1. The third-order valence-corrected chi connectivity index (χ3v) is 3.11. The average molecular weight is 274 g/mol. The first-order valence-electron chi connectivity index (χ1n) is 5.67. The molecule has 92 valence electrons. The van der Waals surface area contributed by atoms with Crippen molar-refractivity contribution < 1.29 is 0 Å². The van der Waals surface area contributed by atoms with Gasteiger partial charge >= 0.3 is 0 Å². The number of nitrogens with zero attached hydrogens (tertiary/aromatic N) is 2. The third kappa shape index (κ3) is 3.82. The van der Waals surface area contributed by atoms with Crippen LogP contribution in [-0.2, 0) is 13.1 Å². The van der Waals surface area contributed by atoms with E-state index in [1.54, 1.807) is 6.20 Å². The van der Waals surface area contributed by atoms with E-state index in [4.69, 9.17) is 12.2 Å². The fourth-order valence-electron chi connectivity index (χ4n) is 1.68. The first-order valence-corrected chi connectivity index (χ1v) is 6.53. The predicted octanol–water partition coefficient (Wildman–Crippen LogP) is 3.30. The van der Waals surface area contributed by atoms with Crippen molar-refractivity contribution in [2.75, 3.05) is 0 Å². The van der Waals surface area contributed by atoms with E-state index in [2.05, 4.69) is 29.7 Å². The predicted molar refractivity (Wildman–Crippen MR) is 81.5 cm³/mol. The standard InChI is InChI=1S/C14H14N2S2/c17-14(18)16(10-12-6-2-1-3-7-12)11-13-8-4-5-9-15-13/h1-9H,10-11H2,(H,17,18). The van der Waals surface area contributed by atoms with Gasteiger partial charge in [-0.25, -0.2) is 0 Å². The number of hydrogen-bond acceptors (Lipinski definition) is 2. The van der Waals surface area contributed by atoms with Gasteiger partial charge in [-0.15, -0.1) is 12.6 Å². The Hall–Kier alpha value is -1.39. The van der Waals surface area contributed by atoms with Crippen molar-refractivity contribution in [3.63, 3.8) is 0 Å². The van der Waals surface area contributed by atoms with Gasteiger partial charge in [0.15, 0.2) is 0 Å². The highest BCUT2D eigenvalue weighted by Gasteiger charge is 2.08. The maximum Gasteiger partial charge on any atom is 0.133 e. The van der Waals surface area contributed by atoms with Crippen molar-refractivity contribution >= 4 is 29.2 Å². The molecule has 1 aromatic carbocycles. The van der Waals surface area contributed by atoms with E-state index in [-0.39, 0.29) is 0 Å². The van der Waals surface area contributed by atoms with Gasteiger partial charge in [-0.1, -0.05) is 48.6 Å². The summed E-state index contributed by atoms with van der Waals surface area (Å²) in [4.78, 5) is 6.33. The van der Waals surface area contributed by atoms with E-state index >= 15 is 0 Å². The van der Waals surface area contributed by atoms with Crippen LogP contribution in [0.2, 0.25) is 0 Å². The lowest BCUT2D eigenvalue weighted by molar-refractivity contribution is 0.416. The first kappa shape index (κ1) is 13.1. The average Bonchev–Trinajstić information content (AvgIpc) is 2.40. The lowest BCUT2D eigenvalue weighted by Crippen LogP contribution is -2.25. The van der Waals surface area contributed by atoms with Gasteiger partial charge in [-0.2, -0.15) is 0 Å². The van der Waals surface area contributed by atoms with E-state index in [0.717, 1.165) is 12.2 Å². The fraction of sp³-hybridized carbons (Fsp3) is 0.143. The molecule has 18 heavy (non-hydrogen) atoms. The van der Waals surface area contributed by atoms with Gasteiger partial charge in [0.2, 0.25) is 0 Å². The molecule has 0 bridgehead atoms. The third-order valence-electron chi connectivity index (χ3n) is 2.57. The molecule has 0 saturated carbocycles. The topological polar surface area (TPSA) is 16.1 Å². The van der Waals surface area contributed by atoms with Crippen molar-refractivity contribution in [2.24, 2.45) is 0 Å². The van der Waals surface area contributed by atoms with Crippen LogP contribution >= 0.6 is 24.8 Å². The molecule has 0 unspecified atom stereocenters. The Bertz CT molecular complexity index is 458. The first-order chi connectivity index (χ1) is 8.75. The highest BCUT2D eigenvalue weighted by atomic mass is 32.1. The SMILES string of the molecule is S=C(S)N(Cc1ccccc1)Cc1ccccn1. The number of thiol groups is 1. The van der Waals surface area contributed by atoms with Gasteiger partial charge in [-0.05, 0) is 17.7 Å². The quantitative estimate of drug-likeness (QED) is 0.680. The van der Waals surface area contributed by atoms with Gasteiger partial charge in [0.25, 0.3) is 0 Å². The van der Waals surface area contributed by atoms with Gasteiger partial charge < -0.3 is 4.90 Å². The molecular weight excluding hydrogens is 260 g/mol. The second kappa shape index (κ2) is 6.52. The summed E-state index contributed by atoms with van der Waals surface area (Å²) in [5.41, 5.74) is 2.20. The van der Waals surface area contributed by atoms with Crippen molar-refractivity contribution in [3.8, 4) is 0 Å². The van der Waals surface area contributed by atoms with E-state index in [0.29, 0.717) is 10.9 Å². The van der Waals surface area contributed by atoms with Crippen LogP contribution in [0, 0.1) is 0 Å². The molecule has 0 amide bonds. The molecule has 1 aromatic heterocycles. The Morgan fingerprint density at radius 1 is 1.06 bits per heavy atom. The maximum atomic E-state index is 5.18. The largest absolute Gasteiger partial charge is 0.347 e. The Balaban J connectivity index is 2.08. The molecule has 4 heteroatoms. The second-order valence-corrected chi connectivity index (χ2v) is 5.06. The van der Waals surface area contributed by atoms with Crippen LogP contribution in [0.3, 0.4) is 0 Å². The van der Waals surface area contributed by atoms with Gasteiger partial charge in [0, 0.05) is 12.7 Å². The molecule has 2 rings (SSSR count). The Morgan fingerprint density at radius 3 is 2.39 bits per heavy atom. The van der Waals surface area contributed by atoms with E-state index in [1.807, 2.05) is 41.3 Å². The Kier molecular flexibility index (Phi) is 4.73. The minimum absolute atomic E-state index is 0.588. The highest BCUT2D eigenvalue weighted by Crippen LogP contribution is 2.10. The zero-order valence-corrected chi connectivity index (χ0v) is 11.6. The van der Waals surface area contributed by atoms with Crippen molar-refractivity contribution in [3.05, 3.63) is 66.0 Å². The molecule has 0 aliphatic rings. The van der Waals surface area contributed by atoms with Crippen molar-refractivity contribution in [2.45, 2.75) is 13.1 Å². The number of pyridine rings is 1. The molecular formula is C14H14N2S2. The second-order valence-electron chi connectivity index (χ2n) is 3.95. The molecule has 1 heterocycles. The lowest BCUT2D eigenvalue weighted by Gasteiger charge is -2.22. The zero-order valence-electron chi connectivity index (χ0n) is 9.86. The molecule has 0 atom stereocenters. The molecule has 0 aliphatic heterocycles. The summed E-state index contributed by atoms with van der Waals surface area (Å²) in [6.45, 7) is 1.43. The molecule has 2 aromatic rings. The summed E-state index contributed by atoms with van der Waals surface area (Å²) in [7, 11) is 0.